The van der Waals surface area contributed by atoms with Gasteiger partial charge in [-0.05, 0) is 61.1 Å². The van der Waals surface area contributed by atoms with Gasteiger partial charge in [-0.15, -0.1) is 0 Å². The van der Waals surface area contributed by atoms with Crippen LogP contribution >= 0.6 is 0 Å². The number of aryl methyl sites for hydroxylation is 4. The lowest BCUT2D eigenvalue weighted by Gasteiger charge is -2.36. The van der Waals surface area contributed by atoms with Crippen LogP contribution in [-0.2, 0) is 26.9 Å². The summed E-state index contributed by atoms with van der Waals surface area (Å²) in [6.07, 6.45) is 4.80. The largest absolute Gasteiger partial charge is 0.422 e. The van der Waals surface area contributed by atoms with E-state index in [2.05, 4.69) is 60.7 Å². The smallest absolute Gasteiger partial charge is 0.371 e. The van der Waals surface area contributed by atoms with Gasteiger partial charge in [-0.25, -0.2) is 9.13 Å². The highest BCUT2D eigenvalue weighted by atomic mass is 15.3. The first-order chi connectivity index (χ1) is 12.7. The Hall–Kier alpha value is -2.69. The molecule has 0 saturated heterocycles. The van der Waals surface area contributed by atoms with Crippen LogP contribution in [-0.4, -0.2) is 17.7 Å². The van der Waals surface area contributed by atoms with E-state index in [0.29, 0.717) is 0 Å². The summed E-state index contributed by atoms with van der Waals surface area (Å²) in [5.41, 5.74) is 7.69. The van der Waals surface area contributed by atoms with Crippen molar-refractivity contribution in [2.45, 2.75) is 25.7 Å². The van der Waals surface area contributed by atoms with E-state index in [1.165, 1.54) is 53.8 Å². The number of hydrogen-bond donors (Lipinski definition) is 0. The van der Waals surface area contributed by atoms with Crippen molar-refractivity contribution >= 4 is 28.4 Å². The summed E-state index contributed by atoms with van der Waals surface area (Å²) in [4.78, 5) is 2.56. The van der Waals surface area contributed by atoms with Crippen molar-refractivity contribution in [3.8, 4) is 0 Å². The molecule has 5 rings (SSSR count). The number of fused-ring (bicyclic) bond motifs is 1. The van der Waals surface area contributed by atoms with Gasteiger partial charge in [0.2, 0.25) is 0 Å². The average molecular weight is 346 g/mol. The minimum absolute atomic E-state index is 0.860. The Kier molecular flexibility index (Phi) is 3.55. The Morgan fingerprint density at radius 2 is 1.65 bits per heavy atom. The molecule has 0 atom stereocenters. The number of benzene rings is 2. The van der Waals surface area contributed by atoms with Crippen LogP contribution in [0.4, 0.5) is 17.3 Å². The molecule has 0 saturated carbocycles. The highest BCUT2D eigenvalue weighted by Gasteiger charge is 2.25. The van der Waals surface area contributed by atoms with Crippen LogP contribution in [0.2, 0.25) is 0 Å². The van der Waals surface area contributed by atoms with Gasteiger partial charge in [0.05, 0.1) is 14.1 Å². The third-order valence-corrected chi connectivity index (χ3v) is 5.78. The monoisotopic (exact) mass is 346 g/mol. The molecule has 5 nitrogen and oxygen atoms in total. The molecule has 0 fully saturated rings. The van der Waals surface area contributed by atoms with Crippen LogP contribution < -0.4 is 9.47 Å². The Labute approximate surface area is 153 Å². The second-order valence-electron chi connectivity index (χ2n) is 7.41. The second kappa shape index (κ2) is 5.94. The van der Waals surface area contributed by atoms with Crippen LogP contribution in [0.25, 0.3) is 11.0 Å². The minimum atomic E-state index is 0.860. The first-order valence-corrected chi connectivity index (χ1v) is 9.48. The van der Waals surface area contributed by atoms with Gasteiger partial charge in [0.25, 0.3) is 0 Å². The predicted octanol–water partition coefficient (Wildman–Crippen LogP) is 4.12. The van der Waals surface area contributed by atoms with Crippen LogP contribution in [0.3, 0.4) is 0 Å². The van der Waals surface area contributed by atoms with E-state index in [1.54, 1.807) is 0 Å². The Balaban J connectivity index is 1.56. The predicted molar refractivity (Wildman–Crippen MR) is 104 cm³/mol. The van der Waals surface area contributed by atoms with Crippen molar-refractivity contribution < 1.29 is 4.57 Å². The minimum Gasteiger partial charge on any atom is -0.371 e. The van der Waals surface area contributed by atoms with Crippen molar-refractivity contribution in [1.29, 1.82) is 0 Å². The van der Waals surface area contributed by atoms with Gasteiger partial charge in [-0.3, -0.25) is 0 Å². The van der Waals surface area contributed by atoms with E-state index >= 15 is 0 Å². The van der Waals surface area contributed by atoms with Crippen LogP contribution in [0.1, 0.15) is 24.0 Å². The van der Waals surface area contributed by atoms with E-state index in [0.717, 1.165) is 24.5 Å². The summed E-state index contributed by atoms with van der Waals surface area (Å²) in [7, 11) is 4.09. The summed E-state index contributed by atoms with van der Waals surface area (Å²) in [6, 6.07) is 12.8. The number of anilines is 1. The molecule has 0 radical (unpaired) electrons. The van der Waals surface area contributed by atoms with Crippen molar-refractivity contribution in [2.75, 3.05) is 18.0 Å². The maximum atomic E-state index is 4.62. The molecule has 5 heteroatoms. The zero-order valence-corrected chi connectivity index (χ0v) is 15.4. The number of para-hydroxylation sites is 2. The van der Waals surface area contributed by atoms with Crippen molar-refractivity contribution in [1.82, 2.24) is 4.57 Å². The lowest BCUT2D eigenvalue weighted by molar-refractivity contribution is -0.632. The summed E-state index contributed by atoms with van der Waals surface area (Å²) >= 11 is 0. The van der Waals surface area contributed by atoms with E-state index in [1.807, 2.05) is 14.1 Å². The van der Waals surface area contributed by atoms with Crippen LogP contribution in [0.15, 0.2) is 46.6 Å². The Morgan fingerprint density at radius 3 is 2.35 bits per heavy atom. The normalized spacial score (nSPS) is 16.5. The molecular formula is C21H24N5+. The molecule has 3 heterocycles. The van der Waals surface area contributed by atoms with E-state index in [-0.39, 0.29) is 0 Å². The van der Waals surface area contributed by atoms with Gasteiger partial charge in [0.15, 0.2) is 0 Å². The summed E-state index contributed by atoms with van der Waals surface area (Å²) in [6.45, 7) is 2.40. The standard InChI is InChI=1S/C21H24N5/c1-24-18-9-3-4-10-19(18)25(2)21(24)23-22-17-13-15-7-5-11-26-12-6-8-16(14-17)20(15)26/h3-4,9-10,13-14H,5-8,11-12H2,1-2H3/q+1. The molecule has 0 N–H and O–H groups in total. The molecule has 0 unspecified atom stereocenters. The molecule has 1 aromatic heterocycles. The van der Waals surface area contributed by atoms with Crippen LogP contribution in [0, 0.1) is 0 Å². The molecule has 2 aliphatic rings. The number of hydrogen-bond acceptors (Lipinski definition) is 3. The number of azo groups is 1. The fourth-order valence-corrected chi connectivity index (χ4v) is 4.55. The van der Waals surface area contributed by atoms with Gasteiger partial charge in [-0.2, -0.15) is 0 Å². The van der Waals surface area contributed by atoms with Gasteiger partial charge < -0.3 is 4.90 Å². The van der Waals surface area contributed by atoms with Gasteiger partial charge in [0.1, 0.15) is 16.7 Å². The number of imidazole rings is 1. The summed E-state index contributed by atoms with van der Waals surface area (Å²) in [5, 5.41) is 9.24. The van der Waals surface area contributed by atoms with Crippen LogP contribution in [0.5, 0.6) is 0 Å². The van der Waals surface area contributed by atoms with Crippen molar-refractivity contribution in [3.05, 3.63) is 47.5 Å². The number of nitrogens with zero attached hydrogens (tertiary/aromatic N) is 5. The van der Waals surface area contributed by atoms with E-state index in [4.69, 9.17) is 0 Å². The van der Waals surface area contributed by atoms with Crippen molar-refractivity contribution in [2.24, 2.45) is 24.3 Å². The Morgan fingerprint density at radius 1 is 0.962 bits per heavy atom. The van der Waals surface area contributed by atoms with Gasteiger partial charge in [0, 0.05) is 23.9 Å². The summed E-state index contributed by atoms with van der Waals surface area (Å²) in [5.74, 6) is 0.860. The third-order valence-electron chi connectivity index (χ3n) is 5.78. The lowest BCUT2D eigenvalue weighted by Crippen LogP contribution is -2.34. The highest BCUT2D eigenvalue weighted by Crippen LogP contribution is 2.38. The molecule has 132 valence electrons. The van der Waals surface area contributed by atoms with Crippen molar-refractivity contribution in [3.63, 3.8) is 0 Å². The first-order valence-electron chi connectivity index (χ1n) is 9.48. The zero-order valence-electron chi connectivity index (χ0n) is 15.4. The van der Waals surface area contributed by atoms with E-state index in [9.17, 15) is 0 Å². The maximum absolute atomic E-state index is 4.62. The quantitative estimate of drug-likeness (QED) is 0.508. The van der Waals surface area contributed by atoms with Gasteiger partial charge in [-0.1, -0.05) is 17.2 Å². The fraction of sp³-hybridized carbons (Fsp3) is 0.381. The number of aromatic nitrogens is 2. The molecule has 26 heavy (non-hydrogen) atoms. The zero-order chi connectivity index (χ0) is 17.7. The third kappa shape index (κ3) is 2.34. The molecule has 0 spiro atoms. The highest BCUT2D eigenvalue weighted by molar-refractivity contribution is 5.73. The molecule has 2 aliphatic heterocycles. The fourth-order valence-electron chi connectivity index (χ4n) is 4.55. The maximum Gasteiger partial charge on any atom is 0.422 e. The SMILES string of the molecule is Cn1c(/N=N/c2cc3c4c(c2)CCCN4CCC3)[n+](C)c2ccccc21. The molecule has 0 aliphatic carbocycles. The summed E-state index contributed by atoms with van der Waals surface area (Å²) < 4.78 is 4.20. The average Bonchev–Trinajstić information content (AvgIpc) is 2.91. The second-order valence-corrected chi connectivity index (χ2v) is 7.41. The molecule has 0 bridgehead atoms. The van der Waals surface area contributed by atoms with E-state index < -0.39 is 0 Å². The number of rotatable bonds is 2. The first kappa shape index (κ1) is 15.6. The topological polar surface area (TPSA) is 36.8 Å². The molecule has 0 amide bonds. The molecular weight excluding hydrogens is 322 g/mol. The van der Waals surface area contributed by atoms with Gasteiger partial charge >= 0.3 is 5.95 Å². The lowest BCUT2D eigenvalue weighted by atomic mass is 9.91. The molecule has 2 aromatic carbocycles. The molecule has 3 aromatic rings. The Bertz CT molecular complexity index is 960.